The molecule has 0 spiro atoms. The van der Waals surface area contributed by atoms with Crippen molar-refractivity contribution in [3.63, 3.8) is 0 Å². The van der Waals surface area contributed by atoms with Gasteiger partial charge in [-0.2, -0.15) is 0 Å². The predicted octanol–water partition coefficient (Wildman–Crippen LogP) is 2.88. The summed E-state index contributed by atoms with van der Waals surface area (Å²) in [6.07, 6.45) is -0.0664. The second-order valence-corrected chi connectivity index (χ2v) is 6.30. The highest BCUT2D eigenvalue weighted by Crippen LogP contribution is 2.27. The molecule has 0 aliphatic carbocycles. The van der Waals surface area contributed by atoms with Gasteiger partial charge in [0.1, 0.15) is 0 Å². The molecule has 1 fully saturated rings. The van der Waals surface area contributed by atoms with Crippen LogP contribution >= 0.6 is 0 Å². The number of anilines is 1. The maximum Gasteiger partial charge on any atom is 0.305 e. The van der Waals surface area contributed by atoms with E-state index in [2.05, 4.69) is 4.90 Å². The summed E-state index contributed by atoms with van der Waals surface area (Å²) in [5, 5.41) is 9.35. The Labute approximate surface area is 147 Å². The largest absolute Gasteiger partial charge is 0.481 e. The second kappa shape index (κ2) is 7.38. The van der Waals surface area contributed by atoms with Gasteiger partial charge in [0.15, 0.2) is 0 Å². The molecular weight excluding hydrogens is 316 g/mol. The highest BCUT2D eigenvalue weighted by molar-refractivity contribution is 5.95. The molecule has 0 aromatic heterocycles. The van der Waals surface area contributed by atoms with Crippen LogP contribution in [-0.4, -0.2) is 47.1 Å². The number of hydrogen-bond donors (Lipinski definition) is 1. The van der Waals surface area contributed by atoms with Crippen LogP contribution in [0.15, 0.2) is 60.7 Å². The first kappa shape index (κ1) is 17.0. The number of para-hydroxylation sites is 1. The van der Waals surface area contributed by atoms with Gasteiger partial charge < -0.3 is 14.9 Å². The topological polar surface area (TPSA) is 60.9 Å². The van der Waals surface area contributed by atoms with Crippen molar-refractivity contribution in [2.24, 2.45) is 0 Å². The molecule has 1 amide bonds. The molecule has 2 atom stereocenters. The maximum absolute atomic E-state index is 12.9. The number of amides is 1. The fraction of sp³-hybridized carbons (Fsp3) is 0.300. The van der Waals surface area contributed by atoms with Crippen LogP contribution in [0.1, 0.15) is 23.7 Å². The van der Waals surface area contributed by atoms with Gasteiger partial charge in [-0.15, -0.1) is 0 Å². The van der Waals surface area contributed by atoms with Gasteiger partial charge in [0.05, 0.1) is 12.5 Å². The van der Waals surface area contributed by atoms with Crippen LogP contribution in [0.25, 0.3) is 0 Å². The summed E-state index contributed by atoms with van der Waals surface area (Å²) >= 11 is 0. The van der Waals surface area contributed by atoms with Crippen LogP contribution in [0.2, 0.25) is 0 Å². The molecule has 1 aliphatic heterocycles. The number of carbonyl (C=O) groups excluding carboxylic acids is 1. The zero-order valence-corrected chi connectivity index (χ0v) is 14.2. The molecule has 2 aromatic rings. The zero-order valence-electron chi connectivity index (χ0n) is 14.2. The fourth-order valence-corrected chi connectivity index (χ4v) is 3.50. The van der Waals surface area contributed by atoms with E-state index in [1.165, 1.54) is 0 Å². The van der Waals surface area contributed by atoms with Gasteiger partial charge in [-0.3, -0.25) is 9.59 Å². The molecule has 1 heterocycles. The summed E-state index contributed by atoms with van der Waals surface area (Å²) in [6.45, 7) is 3.18. The third kappa shape index (κ3) is 3.65. The highest BCUT2D eigenvalue weighted by atomic mass is 16.4. The van der Waals surface area contributed by atoms with E-state index in [9.17, 15) is 14.7 Å². The average molecular weight is 338 g/mol. The van der Waals surface area contributed by atoms with Crippen molar-refractivity contribution in [3.05, 3.63) is 66.2 Å². The van der Waals surface area contributed by atoms with Crippen molar-refractivity contribution in [3.8, 4) is 0 Å². The third-order valence-electron chi connectivity index (χ3n) is 4.78. The van der Waals surface area contributed by atoms with Crippen molar-refractivity contribution in [2.75, 3.05) is 18.0 Å². The van der Waals surface area contributed by atoms with Crippen LogP contribution in [0.4, 0.5) is 5.69 Å². The van der Waals surface area contributed by atoms with Gasteiger partial charge in [-0.05, 0) is 31.2 Å². The van der Waals surface area contributed by atoms with E-state index >= 15 is 0 Å². The minimum absolute atomic E-state index is 0.0664. The summed E-state index contributed by atoms with van der Waals surface area (Å²) in [7, 11) is 0. The van der Waals surface area contributed by atoms with E-state index in [1.54, 1.807) is 17.0 Å². The van der Waals surface area contributed by atoms with Crippen molar-refractivity contribution >= 4 is 17.6 Å². The van der Waals surface area contributed by atoms with E-state index in [-0.39, 0.29) is 24.4 Å². The highest BCUT2D eigenvalue weighted by Gasteiger charge is 2.37. The molecule has 2 aromatic carbocycles. The zero-order chi connectivity index (χ0) is 17.8. The van der Waals surface area contributed by atoms with E-state index in [0.29, 0.717) is 18.7 Å². The van der Waals surface area contributed by atoms with Crippen LogP contribution in [0, 0.1) is 0 Å². The third-order valence-corrected chi connectivity index (χ3v) is 4.78. The lowest BCUT2D eigenvalue weighted by atomic mass is 9.97. The van der Waals surface area contributed by atoms with Crippen molar-refractivity contribution in [2.45, 2.75) is 25.4 Å². The molecule has 130 valence electrons. The Morgan fingerprint density at radius 2 is 1.60 bits per heavy atom. The normalized spacial score (nSPS) is 20.4. The number of carbonyl (C=O) groups is 2. The van der Waals surface area contributed by atoms with Gasteiger partial charge in [0.25, 0.3) is 5.91 Å². The first-order valence-corrected chi connectivity index (χ1v) is 8.47. The van der Waals surface area contributed by atoms with Gasteiger partial charge >= 0.3 is 5.97 Å². The SMILES string of the molecule is C[C@@H]1[C@@H](CC(=O)O)N(C(=O)c2ccccc2)CCN1c1ccccc1. The van der Waals surface area contributed by atoms with Crippen molar-refractivity contribution < 1.29 is 14.7 Å². The van der Waals surface area contributed by atoms with E-state index in [1.807, 2.05) is 55.5 Å². The van der Waals surface area contributed by atoms with E-state index < -0.39 is 5.97 Å². The smallest absolute Gasteiger partial charge is 0.305 e. The molecule has 25 heavy (non-hydrogen) atoms. The Bertz CT molecular complexity index is 733. The Balaban J connectivity index is 1.87. The lowest BCUT2D eigenvalue weighted by molar-refractivity contribution is -0.138. The summed E-state index contributed by atoms with van der Waals surface area (Å²) in [6, 6.07) is 18.5. The first-order valence-electron chi connectivity index (χ1n) is 8.47. The number of nitrogens with zero attached hydrogens (tertiary/aromatic N) is 2. The minimum Gasteiger partial charge on any atom is -0.481 e. The molecule has 0 radical (unpaired) electrons. The molecular formula is C20H22N2O3. The van der Waals surface area contributed by atoms with Gasteiger partial charge in [-0.1, -0.05) is 36.4 Å². The fourth-order valence-electron chi connectivity index (χ4n) is 3.50. The summed E-state index contributed by atoms with van der Waals surface area (Å²) in [5.74, 6) is -0.996. The number of benzene rings is 2. The molecule has 5 heteroatoms. The van der Waals surface area contributed by atoms with Gasteiger partial charge in [0.2, 0.25) is 0 Å². The molecule has 5 nitrogen and oxygen atoms in total. The van der Waals surface area contributed by atoms with Crippen molar-refractivity contribution in [1.29, 1.82) is 0 Å². The Kier molecular flexibility index (Phi) is 5.03. The number of carboxylic acids is 1. The first-order chi connectivity index (χ1) is 12.1. The molecule has 0 bridgehead atoms. The van der Waals surface area contributed by atoms with Gasteiger partial charge in [-0.25, -0.2) is 0 Å². The number of hydrogen-bond acceptors (Lipinski definition) is 3. The Hall–Kier alpha value is -2.82. The van der Waals surface area contributed by atoms with Crippen molar-refractivity contribution in [1.82, 2.24) is 4.90 Å². The molecule has 0 unspecified atom stereocenters. The van der Waals surface area contributed by atoms with Crippen LogP contribution in [0.5, 0.6) is 0 Å². The quantitative estimate of drug-likeness (QED) is 0.931. The molecule has 1 aliphatic rings. The number of piperazine rings is 1. The standard InChI is InChI=1S/C20H22N2O3/c1-15-18(14-19(23)24)22(20(25)16-8-4-2-5-9-16)13-12-21(15)17-10-6-3-7-11-17/h2-11,15,18H,12-14H2,1H3,(H,23,24)/t15-,18-/m1/s1. The maximum atomic E-state index is 12.9. The summed E-state index contributed by atoms with van der Waals surface area (Å²) in [5.41, 5.74) is 1.65. The van der Waals surface area contributed by atoms with E-state index in [4.69, 9.17) is 0 Å². The lowest BCUT2D eigenvalue weighted by Gasteiger charge is -2.47. The molecule has 0 saturated carbocycles. The monoisotopic (exact) mass is 338 g/mol. The van der Waals surface area contributed by atoms with Crippen LogP contribution in [-0.2, 0) is 4.79 Å². The predicted molar refractivity (Wildman–Crippen MR) is 96.8 cm³/mol. The second-order valence-electron chi connectivity index (χ2n) is 6.30. The van der Waals surface area contributed by atoms with Gasteiger partial charge in [0, 0.05) is 30.4 Å². The number of carboxylic acid groups (broad SMARTS) is 1. The van der Waals surface area contributed by atoms with Crippen LogP contribution < -0.4 is 4.90 Å². The number of rotatable bonds is 4. The minimum atomic E-state index is -0.891. The molecule has 1 N–H and O–H groups in total. The molecule has 3 rings (SSSR count). The van der Waals surface area contributed by atoms with Crippen LogP contribution in [0.3, 0.4) is 0 Å². The summed E-state index contributed by atoms with van der Waals surface area (Å²) < 4.78 is 0. The van der Waals surface area contributed by atoms with E-state index in [0.717, 1.165) is 5.69 Å². The Morgan fingerprint density at radius 3 is 2.20 bits per heavy atom. The Morgan fingerprint density at radius 1 is 1.00 bits per heavy atom. The molecule has 1 saturated heterocycles. The number of aliphatic carboxylic acids is 1. The average Bonchev–Trinajstić information content (AvgIpc) is 2.64. The lowest BCUT2D eigenvalue weighted by Crippen LogP contribution is -2.60. The summed E-state index contributed by atoms with van der Waals surface area (Å²) in [4.78, 5) is 28.2.